The molecule has 0 N–H and O–H groups in total. The maximum atomic E-state index is 13.4. The molecule has 2 aromatic carbocycles. The minimum absolute atomic E-state index is 0.141. The van der Waals surface area contributed by atoms with Crippen LogP contribution in [0.4, 0.5) is 11.4 Å². The molecule has 178 valence electrons. The number of nitro benzene ring substituents is 1. The van der Waals surface area contributed by atoms with E-state index in [1.54, 1.807) is 24.3 Å². The van der Waals surface area contributed by atoms with Gasteiger partial charge >= 0.3 is 0 Å². The number of hydrogen-bond acceptors (Lipinski definition) is 7. The average molecular weight is 487 g/mol. The van der Waals surface area contributed by atoms with Crippen molar-refractivity contribution in [2.75, 3.05) is 44.3 Å². The number of nitro groups is 1. The number of amides is 3. The molecule has 2 heterocycles. The second-order valence-electron chi connectivity index (χ2n) is 8.02. The lowest BCUT2D eigenvalue weighted by atomic mass is 10.1. The summed E-state index contributed by atoms with van der Waals surface area (Å²) in [4.78, 5) is 54.6. The van der Waals surface area contributed by atoms with Gasteiger partial charge in [0, 0.05) is 48.9 Å². The van der Waals surface area contributed by atoms with E-state index >= 15 is 0 Å². The minimum atomic E-state index is -0.980. The molecular weight excluding hydrogens is 464 g/mol. The van der Waals surface area contributed by atoms with Crippen LogP contribution < -0.4 is 4.90 Å². The topological polar surface area (TPSA) is 113 Å². The lowest BCUT2D eigenvalue weighted by Crippen LogP contribution is -2.49. The Bertz CT molecular complexity index is 1090. The molecule has 3 amide bonds. The van der Waals surface area contributed by atoms with Gasteiger partial charge in [0.1, 0.15) is 6.04 Å². The number of nitrogens with zero attached hydrogens (tertiary/aromatic N) is 4. The lowest BCUT2D eigenvalue weighted by molar-refractivity contribution is -0.384. The standard InChI is InChI=1S/C23H23ClN4O6/c24-17-3-7-18(8-4-17)27-21(29)15-20(23(27)31)26(10-9-25-11-13-34-14-12-25)22(30)16-1-5-19(6-2-16)28(32)33/h1-8,20H,9-15H2. The number of ether oxygens (including phenoxy) is 1. The van der Waals surface area contributed by atoms with Crippen molar-refractivity contribution in [1.82, 2.24) is 9.80 Å². The Balaban J connectivity index is 1.59. The Kier molecular flexibility index (Phi) is 7.20. The highest BCUT2D eigenvalue weighted by atomic mass is 35.5. The van der Waals surface area contributed by atoms with E-state index in [4.69, 9.17) is 16.3 Å². The van der Waals surface area contributed by atoms with Gasteiger partial charge in [-0.1, -0.05) is 11.6 Å². The number of imide groups is 1. The van der Waals surface area contributed by atoms with E-state index in [0.29, 0.717) is 43.6 Å². The Morgan fingerprint density at radius 3 is 2.35 bits per heavy atom. The third-order valence-corrected chi connectivity index (χ3v) is 6.18. The number of anilines is 1. The highest BCUT2D eigenvalue weighted by molar-refractivity contribution is 6.31. The van der Waals surface area contributed by atoms with Crippen LogP contribution in [0.5, 0.6) is 0 Å². The number of non-ortho nitro benzene ring substituents is 1. The zero-order valence-electron chi connectivity index (χ0n) is 18.3. The maximum Gasteiger partial charge on any atom is 0.269 e. The van der Waals surface area contributed by atoms with Crippen LogP contribution in [0.2, 0.25) is 5.02 Å². The number of hydrogen-bond donors (Lipinski definition) is 0. The zero-order valence-corrected chi connectivity index (χ0v) is 19.0. The highest BCUT2D eigenvalue weighted by Gasteiger charge is 2.44. The first-order valence-corrected chi connectivity index (χ1v) is 11.2. The summed E-state index contributed by atoms with van der Waals surface area (Å²) in [6, 6.07) is 10.6. The van der Waals surface area contributed by atoms with E-state index in [1.165, 1.54) is 29.2 Å². The average Bonchev–Trinajstić information content (AvgIpc) is 3.14. The number of carbonyl (C=O) groups excluding carboxylic acids is 3. The molecular formula is C23H23ClN4O6. The molecule has 2 aromatic rings. The van der Waals surface area contributed by atoms with Gasteiger partial charge in [-0.25, -0.2) is 4.90 Å². The second-order valence-corrected chi connectivity index (χ2v) is 8.46. The predicted molar refractivity (Wildman–Crippen MR) is 124 cm³/mol. The number of morpholine rings is 1. The number of benzene rings is 2. The Morgan fingerprint density at radius 1 is 1.09 bits per heavy atom. The predicted octanol–water partition coefficient (Wildman–Crippen LogP) is 2.35. The highest BCUT2D eigenvalue weighted by Crippen LogP contribution is 2.28. The van der Waals surface area contributed by atoms with E-state index < -0.39 is 28.7 Å². The lowest BCUT2D eigenvalue weighted by Gasteiger charge is -2.32. The van der Waals surface area contributed by atoms with Crippen molar-refractivity contribution in [1.29, 1.82) is 0 Å². The van der Waals surface area contributed by atoms with Crippen LogP contribution >= 0.6 is 11.6 Å². The third-order valence-electron chi connectivity index (χ3n) is 5.93. The molecule has 2 aliphatic heterocycles. The molecule has 34 heavy (non-hydrogen) atoms. The Morgan fingerprint density at radius 2 is 1.74 bits per heavy atom. The fraction of sp³-hybridized carbons (Fsp3) is 0.348. The summed E-state index contributed by atoms with van der Waals surface area (Å²) < 4.78 is 5.36. The van der Waals surface area contributed by atoms with Crippen LogP contribution in [0.1, 0.15) is 16.8 Å². The zero-order chi connectivity index (χ0) is 24.2. The molecule has 4 rings (SSSR count). The van der Waals surface area contributed by atoms with Crippen molar-refractivity contribution in [3.8, 4) is 0 Å². The van der Waals surface area contributed by atoms with Crippen molar-refractivity contribution in [2.45, 2.75) is 12.5 Å². The van der Waals surface area contributed by atoms with Gasteiger partial charge in [-0.05, 0) is 36.4 Å². The molecule has 2 aliphatic rings. The molecule has 2 saturated heterocycles. The van der Waals surface area contributed by atoms with Gasteiger partial charge in [-0.3, -0.25) is 29.4 Å². The molecule has 0 aromatic heterocycles. The van der Waals surface area contributed by atoms with Crippen LogP contribution in [-0.4, -0.2) is 77.9 Å². The van der Waals surface area contributed by atoms with E-state index in [0.717, 1.165) is 4.90 Å². The molecule has 0 aliphatic carbocycles. The monoisotopic (exact) mass is 486 g/mol. The molecule has 1 atom stereocenters. The maximum absolute atomic E-state index is 13.4. The van der Waals surface area contributed by atoms with Gasteiger partial charge in [0.05, 0.1) is 30.2 Å². The van der Waals surface area contributed by atoms with Crippen LogP contribution in [0.15, 0.2) is 48.5 Å². The first-order chi connectivity index (χ1) is 16.3. The van der Waals surface area contributed by atoms with E-state index in [-0.39, 0.29) is 24.2 Å². The van der Waals surface area contributed by atoms with Gasteiger partial charge in [0.15, 0.2) is 0 Å². The Labute approximate surface area is 200 Å². The first-order valence-electron chi connectivity index (χ1n) is 10.8. The van der Waals surface area contributed by atoms with Gasteiger partial charge in [-0.2, -0.15) is 0 Å². The van der Waals surface area contributed by atoms with Crippen LogP contribution in [0, 0.1) is 10.1 Å². The fourth-order valence-electron chi connectivity index (χ4n) is 4.09. The van der Waals surface area contributed by atoms with Gasteiger partial charge in [0.2, 0.25) is 5.91 Å². The molecule has 2 fully saturated rings. The summed E-state index contributed by atoms with van der Waals surface area (Å²) in [6.07, 6.45) is -0.150. The van der Waals surface area contributed by atoms with E-state index in [9.17, 15) is 24.5 Å². The third kappa shape index (κ3) is 5.09. The van der Waals surface area contributed by atoms with Crippen molar-refractivity contribution in [3.05, 3.63) is 69.2 Å². The van der Waals surface area contributed by atoms with Crippen molar-refractivity contribution in [2.24, 2.45) is 0 Å². The second kappa shape index (κ2) is 10.3. The largest absolute Gasteiger partial charge is 0.379 e. The summed E-state index contributed by atoms with van der Waals surface area (Å²) in [5, 5.41) is 11.4. The molecule has 11 heteroatoms. The molecule has 0 spiro atoms. The molecule has 0 bridgehead atoms. The van der Waals surface area contributed by atoms with Crippen LogP contribution in [-0.2, 0) is 14.3 Å². The molecule has 1 unspecified atom stereocenters. The smallest absolute Gasteiger partial charge is 0.269 e. The van der Waals surface area contributed by atoms with Crippen LogP contribution in [0.3, 0.4) is 0 Å². The summed E-state index contributed by atoms with van der Waals surface area (Å²) in [5.41, 5.74) is 0.452. The first kappa shape index (κ1) is 23.8. The van der Waals surface area contributed by atoms with Gasteiger partial charge in [0.25, 0.3) is 17.5 Å². The summed E-state index contributed by atoms with van der Waals surface area (Å²) in [5.74, 6) is -1.37. The van der Waals surface area contributed by atoms with E-state index in [2.05, 4.69) is 4.90 Å². The molecule has 0 radical (unpaired) electrons. The summed E-state index contributed by atoms with van der Waals surface area (Å²) in [7, 11) is 0. The quantitative estimate of drug-likeness (QED) is 0.335. The minimum Gasteiger partial charge on any atom is -0.379 e. The van der Waals surface area contributed by atoms with E-state index in [1.807, 2.05) is 0 Å². The number of carbonyl (C=O) groups is 3. The van der Waals surface area contributed by atoms with Gasteiger partial charge in [-0.15, -0.1) is 0 Å². The SMILES string of the molecule is O=C1CC(N(CCN2CCOCC2)C(=O)c2ccc([N+](=O)[O-])cc2)C(=O)N1c1ccc(Cl)cc1. The molecule has 0 saturated carbocycles. The Hall–Kier alpha value is -3.34. The summed E-state index contributed by atoms with van der Waals surface area (Å²) >= 11 is 5.93. The fourth-order valence-corrected chi connectivity index (χ4v) is 4.21. The van der Waals surface area contributed by atoms with Crippen LogP contribution in [0.25, 0.3) is 0 Å². The van der Waals surface area contributed by atoms with Gasteiger partial charge < -0.3 is 9.64 Å². The van der Waals surface area contributed by atoms with Crippen molar-refractivity contribution in [3.63, 3.8) is 0 Å². The number of rotatable bonds is 7. The summed E-state index contributed by atoms with van der Waals surface area (Å²) in [6.45, 7) is 3.29. The van der Waals surface area contributed by atoms with Crippen molar-refractivity contribution < 1.29 is 24.0 Å². The normalized spacial score (nSPS) is 18.9. The molecule has 10 nitrogen and oxygen atoms in total. The number of halogens is 1. The van der Waals surface area contributed by atoms with Crippen molar-refractivity contribution >= 4 is 40.7 Å².